The quantitative estimate of drug-likeness (QED) is 0.661. The van der Waals surface area contributed by atoms with E-state index in [2.05, 4.69) is 20.7 Å². The third kappa shape index (κ3) is 6.41. The van der Waals surface area contributed by atoms with Crippen molar-refractivity contribution in [2.75, 3.05) is 5.32 Å². The van der Waals surface area contributed by atoms with Gasteiger partial charge < -0.3 is 20.1 Å². The number of halogens is 1. The molecule has 0 unspecified atom stereocenters. The second kappa shape index (κ2) is 9.05. The summed E-state index contributed by atoms with van der Waals surface area (Å²) in [5.41, 5.74) is 0.674. The van der Waals surface area contributed by atoms with Gasteiger partial charge in [-0.05, 0) is 73.4 Å². The first-order chi connectivity index (χ1) is 14.8. The van der Waals surface area contributed by atoms with Crippen LogP contribution in [0.1, 0.15) is 65.8 Å². The molecule has 2 aromatic rings. The van der Waals surface area contributed by atoms with Gasteiger partial charge in [-0.3, -0.25) is 0 Å². The molecule has 0 aliphatic heterocycles. The van der Waals surface area contributed by atoms with Crippen LogP contribution in [0.3, 0.4) is 0 Å². The lowest BCUT2D eigenvalue weighted by atomic mass is 9.89. The molecular weight excluding hydrogens is 413 g/mol. The molecular formula is C23H34FN5O3. The molecule has 1 saturated carbocycles. The van der Waals surface area contributed by atoms with Crippen molar-refractivity contribution in [1.82, 2.24) is 20.1 Å². The van der Waals surface area contributed by atoms with E-state index in [0.29, 0.717) is 24.4 Å². The molecule has 0 saturated heterocycles. The van der Waals surface area contributed by atoms with Crippen LogP contribution < -0.4 is 10.6 Å². The number of anilines is 2. The van der Waals surface area contributed by atoms with Crippen molar-refractivity contribution in [2.24, 2.45) is 0 Å². The number of nitrogens with one attached hydrogen (secondary N) is 2. The van der Waals surface area contributed by atoms with E-state index in [1.807, 2.05) is 59.2 Å². The van der Waals surface area contributed by atoms with Crippen LogP contribution in [0.4, 0.5) is 20.8 Å². The monoisotopic (exact) mass is 447 g/mol. The van der Waals surface area contributed by atoms with E-state index in [9.17, 15) is 9.18 Å². The summed E-state index contributed by atoms with van der Waals surface area (Å²) in [6.07, 6.45) is 1.01. The van der Waals surface area contributed by atoms with Crippen molar-refractivity contribution >= 4 is 17.7 Å². The van der Waals surface area contributed by atoms with Crippen molar-refractivity contribution in [3.05, 3.63) is 35.4 Å². The number of hydrogen-bond acceptors (Lipinski definition) is 6. The highest BCUT2D eigenvalue weighted by Gasteiger charge is 2.32. The molecule has 3 rings (SSSR count). The van der Waals surface area contributed by atoms with Crippen LogP contribution in [0.2, 0.25) is 0 Å². The zero-order chi connectivity index (χ0) is 23.7. The molecule has 0 atom stereocenters. The van der Waals surface area contributed by atoms with Crippen molar-refractivity contribution in [2.45, 2.75) is 91.2 Å². The maximum absolute atomic E-state index is 14.4. The van der Waals surface area contributed by atoms with Crippen molar-refractivity contribution in [1.29, 1.82) is 0 Å². The number of nitrogens with zero attached hydrogens (tertiary/aromatic N) is 3. The van der Waals surface area contributed by atoms with Gasteiger partial charge in [0.2, 0.25) is 0 Å². The average Bonchev–Trinajstić information content (AvgIpc) is 2.98. The Kier molecular flexibility index (Phi) is 6.78. The van der Waals surface area contributed by atoms with Crippen LogP contribution in [0.5, 0.6) is 0 Å². The predicted molar refractivity (Wildman–Crippen MR) is 120 cm³/mol. The summed E-state index contributed by atoms with van der Waals surface area (Å²) in [6.45, 7) is 13.7. The first-order valence-corrected chi connectivity index (χ1v) is 10.9. The zero-order valence-corrected chi connectivity index (χ0v) is 20.0. The second-order valence-corrected chi connectivity index (χ2v) is 10.3. The Hall–Kier alpha value is -2.68. The highest BCUT2D eigenvalue weighted by molar-refractivity contribution is 5.68. The van der Waals surface area contributed by atoms with Gasteiger partial charge >= 0.3 is 6.09 Å². The lowest BCUT2D eigenvalue weighted by Gasteiger charge is -2.35. The van der Waals surface area contributed by atoms with Crippen LogP contribution in [-0.4, -0.2) is 38.6 Å². The Morgan fingerprint density at radius 1 is 1.22 bits per heavy atom. The molecule has 8 nitrogen and oxygen atoms in total. The van der Waals surface area contributed by atoms with Crippen LogP contribution in [0.25, 0.3) is 0 Å². The number of hydrogen-bond donors (Lipinski definition) is 2. The predicted octanol–water partition coefficient (Wildman–Crippen LogP) is 4.80. The standard InChI is InChI=1S/C23H34FN5O3/c1-14-10-19(29(28-14)22(2,3)4)27-20-18(24)9-8-15(25-20)13-31-17-11-16(12-17)26-21(30)32-23(5,6)7/h8-10,16-17H,11-13H2,1-7H3,(H,25,27)(H,26,30)/t16-,17-. The first kappa shape index (κ1) is 24.0. The fraction of sp³-hybridized carbons (Fsp3) is 0.609. The summed E-state index contributed by atoms with van der Waals surface area (Å²) in [6, 6.07) is 4.89. The van der Waals surface area contributed by atoms with Gasteiger partial charge in [0.1, 0.15) is 11.4 Å². The number of ether oxygens (including phenoxy) is 2. The van der Waals surface area contributed by atoms with Gasteiger partial charge in [0, 0.05) is 12.1 Å². The maximum atomic E-state index is 14.4. The average molecular weight is 448 g/mol. The lowest BCUT2D eigenvalue weighted by molar-refractivity contribution is -0.0302. The summed E-state index contributed by atoms with van der Waals surface area (Å²) in [5.74, 6) is 0.363. The summed E-state index contributed by atoms with van der Waals surface area (Å²) < 4.78 is 27.4. The van der Waals surface area contributed by atoms with Crippen molar-refractivity contribution in [3.8, 4) is 0 Å². The van der Waals surface area contributed by atoms with Gasteiger partial charge in [-0.1, -0.05) is 0 Å². The zero-order valence-electron chi connectivity index (χ0n) is 20.0. The van der Waals surface area contributed by atoms with E-state index in [1.54, 1.807) is 6.07 Å². The SMILES string of the molecule is Cc1cc(Nc2nc(CO[C@H]3C[C@H](NC(=O)OC(C)(C)C)C3)ccc2F)n(C(C)(C)C)n1. The summed E-state index contributed by atoms with van der Waals surface area (Å²) in [7, 11) is 0. The first-order valence-electron chi connectivity index (χ1n) is 10.9. The molecule has 0 bridgehead atoms. The molecule has 1 fully saturated rings. The molecule has 1 amide bonds. The largest absolute Gasteiger partial charge is 0.444 e. The van der Waals surface area contributed by atoms with Crippen molar-refractivity contribution in [3.63, 3.8) is 0 Å². The van der Waals surface area contributed by atoms with Gasteiger partial charge in [0.05, 0.1) is 29.6 Å². The normalized spacial score (nSPS) is 18.8. The number of aromatic nitrogens is 3. The number of carbonyl (C=O) groups excluding carboxylic acids is 1. The molecule has 176 valence electrons. The third-order valence-electron chi connectivity index (χ3n) is 4.90. The minimum absolute atomic E-state index is 0.0168. The Bertz CT molecular complexity index is 956. The topological polar surface area (TPSA) is 90.3 Å². The molecule has 0 radical (unpaired) electrons. The second-order valence-electron chi connectivity index (χ2n) is 10.3. The van der Waals surface area contributed by atoms with Crippen LogP contribution in [0.15, 0.2) is 18.2 Å². The summed E-state index contributed by atoms with van der Waals surface area (Å²) in [5, 5.41) is 10.4. The smallest absolute Gasteiger partial charge is 0.407 e. The fourth-order valence-electron chi connectivity index (χ4n) is 3.37. The molecule has 2 aromatic heterocycles. The molecule has 2 N–H and O–H groups in total. The number of amides is 1. The van der Waals surface area contributed by atoms with Crippen LogP contribution in [0, 0.1) is 12.7 Å². The van der Waals surface area contributed by atoms with E-state index in [0.717, 1.165) is 5.69 Å². The molecule has 0 spiro atoms. The fourth-order valence-corrected chi connectivity index (χ4v) is 3.37. The molecule has 9 heteroatoms. The van der Waals surface area contributed by atoms with E-state index >= 15 is 0 Å². The molecule has 2 heterocycles. The van der Waals surface area contributed by atoms with Crippen molar-refractivity contribution < 1.29 is 18.7 Å². The molecule has 1 aliphatic rings. The van der Waals surface area contributed by atoms with Crippen LogP contribution in [-0.2, 0) is 21.6 Å². The summed E-state index contributed by atoms with van der Waals surface area (Å²) in [4.78, 5) is 16.2. The highest BCUT2D eigenvalue weighted by Crippen LogP contribution is 2.27. The Labute approximate surface area is 188 Å². The van der Waals surface area contributed by atoms with E-state index in [4.69, 9.17) is 9.47 Å². The number of aryl methyl sites for hydroxylation is 1. The molecule has 32 heavy (non-hydrogen) atoms. The Morgan fingerprint density at radius 3 is 2.53 bits per heavy atom. The van der Waals surface area contributed by atoms with Crippen LogP contribution >= 0.6 is 0 Å². The van der Waals surface area contributed by atoms with Gasteiger partial charge in [-0.2, -0.15) is 5.10 Å². The number of rotatable bonds is 6. The Morgan fingerprint density at radius 2 is 1.91 bits per heavy atom. The highest BCUT2D eigenvalue weighted by atomic mass is 19.1. The van der Waals surface area contributed by atoms with Gasteiger partial charge in [-0.25, -0.2) is 18.9 Å². The van der Waals surface area contributed by atoms with E-state index in [1.165, 1.54) is 6.07 Å². The summed E-state index contributed by atoms with van der Waals surface area (Å²) >= 11 is 0. The lowest BCUT2D eigenvalue weighted by Crippen LogP contribution is -2.49. The Balaban J connectivity index is 1.54. The number of alkyl carbamates (subject to hydrolysis) is 1. The minimum atomic E-state index is -0.521. The van der Waals surface area contributed by atoms with E-state index < -0.39 is 17.5 Å². The van der Waals surface area contributed by atoms with E-state index in [-0.39, 0.29) is 30.1 Å². The van der Waals surface area contributed by atoms with Gasteiger partial charge in [-0.15, -0.1) is 0 Å². The number of pyridine rings is 1. The maximum Gasteiger partial charge on any atom is 0.407 e. The van der Waals surface area contributed by atoms with Gasteiger partial charge in [0.25, 0.3) is 0 Å². The molecule has 1 aliphatic carbocycles. The number of carbonyl (C=O) groups is 1. The minimum Gasteiger partial charge on any atom is -0.444 e. The van der Waals surface area contributed by atoms with Gasteiger partial charge in [0.15, 0.2) is 11.6 Å². The molecule has 0 aromatic carbocycles. The third-order valence-corrected chi connectivity index (χ3v) is 4.90.